The van der Waals surface area contributed by atoms with Gasteiger partial charge in [0.1, 0.15) is 11.4 Å². The van der Waals surface area contributed by atoms with Crippen molar-refractivity contribution in [2.24, 2.45) is 0 Å². The fourth-order valence-electron chi connectivity index (χ4n) is 3.32. The maximum Gasteiger partial charge on any atom is 0.264 e. The SMILES string of the molecule is CC1(C)C=Cc2cc(CN(c3ccccc3)S(=O)(=O)c3ccccc3)ccc2O1. The van der Waals surface area contributed by atoms with Gasteiger partial charge in [-0.1, -0.05) is 48.5 Å². The highest BCUT2D eigenvalue weighted by Gasteiger charge is 2.26. The Morgan fingerprint density at radius 1 is 0.897 bits per heavy atom. The number of nitrogens with zero attached hydrogens (tertiary/aromatic N) is 1. The van der Waals surface area contributed by atoms with Gasteiger partial charge in [0.25, 0.3) is 10.0 Å². The number of para-hydroxylation sites is 1. The van der Waals surface area contributed by atoms with Crippen molar-refractivity contribution in [1.82, 2.24) is 0 Å². The molecule has 3 aromatic carbocycles. The summed E-state index contributed by atoms with van der Waals surface area (Å²) in [5.41, 5.74) is 2.12. The molecule has 0 spiro atoms. The fourth-order valence-corrected chi connectivity index (χ4v) is 4.80. The van der Waals surface area contributed by atoms with Crippen molar-refractivity contribution >= 4 is 21.8 Å². The van der Waals surface area contributed by atoms with Gasteiger partial charge in [-0.15, -0.1) is 0 Å². The highest BCUT2D eigenvalue weighted by atomic mass is 32.2. The molecule has 0 unspecified atom stereocenters. The predicted molar refractivity (Wildman–Crippen MR) is 116 cm³/mol. The molecule has 0 radical (unpaired) electrons. The largest absolute Gasteiger partial charge is 0.483 e. The molecule has 5 heteroatoms. The van der Waals surface area contributed by atoms with Crippen LogP contribution in [-0.4, -0.2) is 14.0 Å². The third-order valence-electron chi connectivity index (χ3n) is 4.81. The third kappa shape index (κ3) is 4.05. The van der Waals surface area contributed by atoms with Crippen molar-refractivity contribution in [3.8, 4) is 5.75 Å². The van der Waals surface area contributed by atoms with Crippen LogP contribution in [0.5, 0.6) is 5.75 Å². The Hall–Kier alpha value is -3.05. The van der Waals surface area contributed by atoms with E-state index in [2.05, 4.69) is 0 Å². The number of hydrogen-bond donors (Lipinski definition) is 0. The van der Waals surface area contributed by atoms with Crippen LogP contribution >= 0.6 is 0 Å². The van der Waals surface area contributed by atoms with Gasteiger partial charge in [-0.3, -0.25) is 4.31 Å². The topological polar surface area (TPSA) is 46.6 Å². The number of ether oxygens (including phenoxy) is 1. The first kappa shape index (κ1) is 19.3. The quantitative estimate of drug-likeness (QED) is 0.581. The van der Waals surface area contributed by atoms with Gasteiger partial charge in [0.15, 0.2) is 0 Å². The molecule has 1 aliphatic rings. The van der Waals surface area contributed by atoms with Crippen LogP contribution in [0.25, 0.3) is 6.08 Å². The number of rotatable bonds is 5. The Labute approximate surface area is 172 Å². The van der Waals surface area contributed by atoms with Gasteiger partial charge < -0.3 is 4.74 Å². The van der Waals surface area contributed by atoms with Gasteiger partial charge in [0.2, 0.25) is 0 Å². The van der Waals surface area contributed by atoms with Crippen LogP contribution in [0.4, 0.5) is 5.69 Å². The number of anilines is 1. The maximum absolute atomic E-state index is 13.4. The molecule has 0 aromatic heterocycles. The van der Waals surface area contributed by atoms with Crippen molar-refractivity contribution in [2.45, 2.75) is 30.9 Å². The maximum atomic E-state index is 13.4. The predicted octanol–water partition coefficient (Wildman–Crippen LogP) is 5.27. The molecular formula is C24H23NO3S. The van der Waals surface area contributed by atoms with E-state index in [9.17, 15) is 8.42 Å². The van der Waals surface area contributed by atoms with E-state index in [1.807, 2.05) is 80.6 Å². The minimum atomic E-state index is -3.71. The molecule has 1 heterocycles. The summed E-state index contributed by atoms with van der Waals surface area (Å²) in [4.78, 5) is 0.270. The summed E-state index contributed by atoms with van der Waals surface area (Å²) < 4.78 is 34.2. The molecular weight excluding hydrogens is 382 g/mol. The summed E-state index contributed by atoms with van der Waals surface area (Å²) in [6.07, 6.45) is 4.04. The second-order valence-corrected chi connectivity index (χ2v) is 9.43. The van der Waals surface area contributed by atoms with Gasteiger partial charge in [-0.05, 0) is 61.9 Å². The van der Waals surface area contributed by atoms with E-state index in [-0.39, 0.29) is 17.0 Å². The molecule has 0 atom stereocenters. The number of benzene rings is 3. The van der Waals surface area contributed by atoms with Crippen molar-refractivity contribution in [1.29, 1.82) is 0 Å². The van der Waals surface area contributed by atoms with Crippen LogP contribution in [-0.2, 0) is 16.6 Å². The van der Waals surface area contributed by atoms with Crippen LogP contribution in [0, 0.1) is 0 Å². The molecule has 0 amide bonds. The van der Waals surface area contributed by atoms with Crippen molar-refractivity contribution in [3.05, 3.63) is 96.1 Å². The van der Waals surface area contributed by atoms with E-state index in [1.54, 1.807) is 24.3 Å². The molecule has 4 nitrogen and oxygen atoms in total. The summed E-state index contributed by atoms with van der Waals surface area (Å²) in [5, 5.41) is 0. The Morgan fingerprint density at radius 3 is 2.24 bits per heavy atom. The lowest BCUT2D eigenvalue weighted by molar-refractivity contribution is 0.159. The van der Waals surface area contributed by atoms with Crippen molar-refractivity contribution in [2.75, 3.05) is 4.31 Å². The molecule has 0 aliphatic carbocycles. The zero-order valence-corrected chi connectivity index (χ0v) is 17.3. The lowest BCUT2D eigenvalue weighted by Crippen LogP contribution is -2.31. The second kappa shape index (κ2) is 7.41. The van der Waals surface area contributed by atoms with Crippen LogP contribution in [0.15, 0.2) is 89.8 Å². The number of sulfonamides is 1. The smallest absolute Gasteiger partial charge is 0.264 e. The molecule has 0 saturated carbocycles. The Kier molecular flexibility index (Phi) is 4.92. The zero-order valence-electron chi connectivity index (χ0n) is 16.4. The summed E-state index contributed by atoms with van der Waals surface area (Å²) in [5.74, 6) is 0.804. The molecule has 4 rings (SSSR count). The second-order valence-electron chi connectivity index (χ2n) is 7.57. The highest BCUT2D eigenvalue weighted by Crippen LogP contribution is 2.33. The molecule has 0 saturated heterocycles. The zero-order chi connectivity index (χ0) is 20.5. The van der Waals surface area contributed by atoms with Crippen LogP contribution < -0.4 is 9.04 Å². The van der Waals surface area contributed by atoms with E-state index in [0.29, 0.717) is 5.69 Å². The first-order valence-electron chi connectivity index (χ1n) is 9.49. The highest BCUT2D eigenvalue weighted by molar-refractivity contribution is 7.92. The van der Waals surface area contributed by atoms with Crippen LogP contribution in [0.2, 0.25) is 0 Å². The molecule has 0 fully saturated rings. The summed E-state index contributed by atoms with van der Waals surface area (Å²) in [6, 6.07) is 23.5. The van der Waals surface area contributed by atoms with Gasteiger partial charge in [0.05, 0.1) is 17.1 Å². The Bertz CT molecular complexity index is 1140. The van der Waals surface area contributed by atoms with Crippen LogP contribution in [0.1, 0.15) is 25.0 Å². The summed E-state index contributed by atoms with van der Waals surface area (Å²) in [6.45, 7) is 4.24. The standard InChI is InChI=1S/C24H23NO3S/c1-24(2)16-15-20-17-19(13-14-23(20)28-24)18-25(21-9-5-3-6-10-21)29(26,27)22-11-7-4-8-12-22/h3-17H,18H2,1-2H3. The van der Waals surface area contributed by atoms with E-state index in [4.69, 9.17) is 4.74 Å². The lowest BCUT2D eigenvalue weighted by atomic mass is 10.0. The lowest BCUT2D eigenvalue weighted by Gasteiger charge is -2.29. The van der Waals surface area contributed by atoms with E-state index >= 15 is 0 Å². The molecule has 1 aliphatic heterocycles. The summed E-state index contributed by atoms with van der Waals surface area (Å²) in [7, 11) is -3.71. The normalized spacial score (nSPS) is 14.7. The third-order valence-corrected chi connectivity index (χ3v) is 6.60. The molecule has 0 bridgehead atoms. The molecule has 29 heavy (non-hydrogen) atoms. The minimum absolute atomic E-state index is 0.228. The first-order valence-corrected chi connectivity index (χ1v) is 10.9. The van der Waals surface area contributed by atoms with E-state index in [1.165, 1.54) is 4.31 Å². The Balaban J connectivity index is 1.73. The number of hydrogen-bond acceptors (Lipinski definition) is 3. The van der Waals surface area contributed by atoms with Gasteiger partial charge in [-0.25, -0.2) is 8.42 Å². The summed E-state index contributed by atoms with van der Waals surface area (Å²) >= 11 is 0. The Morgan fingerprint density at radius 2 is 1.55 bits per heavy atom. The monoisotopic (exact) mass is 405 g/mol. The molecule has 3 aromatic rings. The van der Waals surface area contributed by atoms with Gasteiger partial charge in [0, 0.05) is 5.56 Å². The molecule has 148 valence electrons. The van der Waals surface area contributed by atoms with Gasteiger partial charge >= 0.3 is 0 Å². The van der Waals surface area contributed by atoms with E-state index < -0.39 is 10.0 Å². The van der Waals surface area contributed by atoms with Crippen LogP contribution in [0.3, 0.4) is 0 Å². The van der Waals surface area contributed by atoms with Crippen molar-refractivity contribution < 1.29 is 13.2 Å². The molecule has 0 N–H and O–H groups in total. The average Bonchev–Trinajstić information content (AvgIpc) is 2.72. The van der Waals surface area contributed by atoms with E-state index in [0.717, 1.165) is 16.9 Å². The van der Waals surface area contributed by atoms with Crippen molar-refractivity contribution in [3.63, 3.8) is 0 Å². The average molecular weight is 406 g/mol. The fraction of sp³-hybridized carbons (Fsp3) is 0.167. The minimum Gasteiger partial charge on any atom is -0.483 e. The van der Waals surface area contributed by atoms with Gasteiger partial charge in [-0.2, -0.15) is 0 Å². The number of fused-ring (bicyclic) bond motifs is 1. The first-order chi connectivity index (χ1) is 13.9.